The van der Waals surface area contributed by atoms with Gasteiger partial charge in [-0.3, -0.25) is 0 Å². The van der Waals surface area contributed by atoms with Crippen LogP contribution in [-0.2, 0) is 12.0 Å². The maximum absolute atomic E-state index is 12.5. The number of benzene rings is 1. The van der Waals surface area contributed by atoms with Crippen LogP contribution in [0.15, 0.2) is 36.9 Å². The second kappa shape index (κ2) is 6.36. The highest BCUT2D eigenvalue weighted by Crippen LogP contribution is 2.55. The second-order valence-electron chi connectivity index (χ2n) is 7.09. The van der Waals surface area contributed by atoms with Gasteiger partial charge in [-0.1, -0.05) is 24.3 Å². The van der Waals surface area contributed by atoms with E-state index in [1.54, 1.807) is 13.2 Å². The van der Waals surface area contributed by atoms with Crippen molar-refractivity contribution < 1.29 is 19.4 Å². The molecule has 2 aliphatic heterocycles. The summed E-state index contributed by atoms with van der Waals surface area (Å²) in [4.78, 5) is 14.3. The molecule has 1 aromatic rings. The molecule has 2 unspecified atom stereocenters. The fraction of sp³-hybridized carbons (Fsp3) is 0.450. The molecule has 6 nitrogen and oxygen atoms in total. The molecule has 0 saturated heterocycles. The van der Waals surface area contributed by atoms with E-state index < -0.39 is 6.10 Å². The van der Waals surface area contributed by atoms with Crippen molar-refractivity contribution in [2.75, 3.05) is 20.2 Å². The summed E-state index contributed by atoms with van der Waals surface area (Å²) in [6, 6.07) is 3.82. The van der Waals surface area contributed by atoms with Crippen molar-refractivity contribution in [1.29, 1.82) is 0 Å². The lowest BCUT2D eigenvalue weighted by Gasteiger charge is -2.35. The molecule has 2 N–H and O–H groups in total. The van der Waals surface area contributed by atoms with Crippen LogP contribution in [0.1, 0.15) is 24.0 Å². The van der Waals surface area contributed by atoms with Crippen LogP contribution >= 0.6 is 0 Å². The highest BCUT2D eigenvalue weighted by Gasteiger charge is 2.53. The zero-order chi connectivity index (χ0) is 18.3. The van der Waals surface area contributed by atoms with Gasteiger partial charge < -0.3 is 24.8 Å². The summed E-state index contributed by atoms with van der Waals surface area (Å²) in [5.74, 6) is 1.45. The number of hydrogen-bond acceptors (Lipinski definition) is 4. The van der Waals surface area contributed by atoms with Crippen molar-refractivity contribution in [2.24, 2.45) is 0 Å². The normalized spacial score (nSPS) is 28.5. The average molecular weight is 356 g/mol. The maximum atomic E-state index is 12.5. The van der Waals surface area contributed by atoms with Gasteiger partial charge in [0.25, 0.3) is 0 Å². The van der Waals surface area contributed by atoms with E-state index in [9.17, 15) is 9.90 Å². The van der Waals surface area contributed by atoms with E-state index in [1.165, 1.54) is 0 Å². The summed E-state index contributed by atoms with van der Waals surface area (Å²) < 4.78 is 11.8. The van der Waals surface area contributed by atoms with Crippen LogP contribution in [0.4, 0.5) is 4.79 Å². The molecule has 3 aliphatic rings. The van der Waals surface area contributed by atoms with Gasteiger partial charge in [0.1, 0.15) is 6.10 Å². The maximum Gasteiger partial charge on any atom is 0.317 e. The number of hydrogen-bond donors (Lipinski definition) is 2. The molecule has 3 atom stereocenters. The topological polar surface area (TPSA) is 71.0 Å². The number of carbonyl (C=O) groups excluding carboxylic acids is 1. The van der Waals surface area contributed by atoms with Crippen molar-refractivity contribution >= 4 is 6.03 Å². The van der Waals surface area contributed by atoms with Crippen LogP contribution < -0.4 is 14.8 Å². The Morgan fingerprint density at radius 3 is 3.19 bits per heavy atom. The Morgan fingerprint density at radius 2 is 2.42 bits per heavy atom. The third-order valence-corrected chi connectivity index (χ3v) is 5.64. The Bertz CT molecular complexity index is 775. The second-order valence-corrected chi connectivity index (χ2v) is 7.09. The number of carbonyl (C=O) groups is 1. The number of nitrogens with zero attached hydrogens (tertiary/aromatic N) is 1. The smallest absolute Gasteiger partial charge is 0.317 e. The summed E-state index contributed by atoms with van der Waals surface area (Å²) in [5, 5.41) is 12.9. The Hall–Kier alpha value is -2.47. The third kappa shape index (κ3) is 2.48. The van der Waals surface area contributed by atoms with Gasteiger partial charge in [-0.05, 0) is 18.1 Å². The Morgan fingerprint density at radius 1 is 1.58 bits per heavy atom. The predicted octanol–water partition coefficient (Wildman–Crippen LogP) is 2.12. The Labute approximate surface area is 153 Å². The summed E-state index contributed by atoms with van der Waals surface area (Å²) in [5.41, 5.74) is 1.84. The Kier molecular flexibility index (Phi) is 4.15. The van der Waals surface area contributed by atoms with Crippen molar-refractivity contribution in [3.05, 3.63) is 48.1 Å². The largest absolute Gasteiger partial charge is 0.493 e. The van der Waals surface area contributed by atoms with Crippen molar-refractivity contribution in [2.45, 2.75) is 37.0 Å². The quantitative estimate of drug-likeness (QED) is 0.814. The van der Waals surface area contributed by atoms with Gasteiger partial charge in [0.15, 0.2) is 11.5 Å². The van der Waals surface area contributed by atoms with Gasteiger partial charge in [-0.15, -0.1) is 6.58 Å². The predicted molar refractivity (Wildman–Crippen MR) is 97.5 cm³/mol. The van der Waals surface area contributed by atoms with E-state index in [-0.39, 0.29) is 17.6 Å². The first-order chi connectivity index (χ1) is 12.6. The lowest BCUT2D eigenvalue weighted by atomic mass is 9.69. The van der Waals surface area contributed by atoms with E-state index >= 15 is 0 Å². The first-order valence-corrected chi connectivity index (χ1v) is 8.97. The van der Waals surface area contributed by atoms with Crippen molar-refractivity contribution in [1.82, 2.24) is 10.2 Å². The van der Waals surface area contributed by atoms with Crippen molar-refractivity contribution in [3.8, 4) is 11.5 Å². The molecule has 0 aromatic heterocycles. The molecular formula is C20H24N2O4. The van der Waals surface area contributed by atoms with Gasteiger partial charge >= 0.3 is 6.03 Å². The zero-order valence-corrected chi connectivity index (χ0v) is 14.9. The minimum absolute atomic E-state index is 0.0943. The minimum Gasteiger partial charge on any atom is -0.493 e. The van der Waals surface area contributed by atoms with Gasteiger partial charge in [-0.2, -0.15) is 0 Å². The molecule has 4 rings (SSSR count). The molecule has 1 aliphatic carbocycles. The van der Waals surface area contributed by atoms with Crippen molar-refractivity contribution in [3.63, 3.8) is 0 Å². The fourth-order valence-electron chi connectivity index (χ4n) is 4.38. The number of rotatable bonds is 3. The number of amides is 2. The first kappa shape index (κ1) is 17.0. The molecule has 0 radical (unpaired) electrons. The summed E-state index contributed by atoms with van der Waals surface area (Å²) >= 11 is 0. The molecule has 6 heteroatoms. The van der Waals surface area contributed by atoms with E-state index in [0.717, 1.165) is 23.3 Å². The monoisotopic (exact) mass is 356 g/mol. The van der Waals surface area contributed by atoms with Crippen LogP contribution in [-0.4, -0.2) is 48.4 Å². The molecule has 0 fully saturated rings. The molecule has 1 spiro atoms. The number of ether oxygens (including phenoxy) is 2. The molecule has 26 heavy (non-hydrogen) atoms. The summed E-state index contributed by atoms with van der Waals surface area (Å²) in [6.07, 6.45) is 6.23. The lowest BCUT2D eigenvalue weighted by Crippen LogP contribution is -2.44. The highest BCUT2D eigenvalue weighted by atomic mass is 16.5. The number of methoxy groups -OCH3 is 1. The minimum atomic E-state index is -0.510. The molecule has 0 bridgehead atoms. The summed E-state index contributed by atoms with van der Waals surface area (Å²) in [7, 11) is 1.63. The Balaban J connectivity index is 1.78. The van der Waals surface area contributed by atoms with Crippen LogP contribution in [0.25, 0.3) is 0 Å². The number of nitrogens with one attached hydrogen (secondary N) is 1. The van der Waals surface area contributed by atoms with Crippen LogP contribution in [0.3, 0.4) is 0 Å². The third-order valence-electron chi connectivity index (χ3n) is 5.64. The zero-order valence-electron chi connectivity index (χ0n) is 14.9. The SMILES string of the molecule is C=CCNC(=O)N1CCC23C=C[C@H](O)CC2Oc2c(OC)ccc(c23)C1. The van der Waals surface area contributed by atoms with Crippen LogP contribution in [0, 0.1) is 0 Å². The molecule has 2 amide bonds. The fourth-order valence-corrected chi connectivity index (χ4v) is 4.38. The number of aliphatic hydroxyl groups excluding tert-OH is 1. The molecule has 1 aromatic carbocycles. The van der Waals surface area contributed by atoms with Gasteiger partial charge in [-0.25, -0.2) is 4.79 Å². The lowest BCUT2D eigenvalue weighted by molar-refractivity contribution is 0.0821. The van der Waals surface area contributed by atoms with Gasteiger partial charge in [0, 0.05) is 31.6 Å². The van der Waals surface area contributed by atoms with E-state index in [4.69, 9.17) is 9.47 Å². The van der Waals surface area contributed by atoms with E-state index in [1.807, 2.05) is 23.1 Å². The summed E-state index contributed by atoms with van der Waals surface area (Å²) in [6.45, 7) is 5.22. The molecule has 0 saturated carbocycles. The average Bonchev–Trinajstić information content (AvgIpc) is 2.87. The number of aliphatic hydroxyl groups is 1. The molecular weight excluding hydrogens is 332 g/mol. The van der Waals surface area contributed by atoms with E-state index in [2.05, 4.69) is 18.0 Å². The van der Waals surface area contributed by atoms with Crippen LogP contribution in [0.2, 0.25) is 0 Å². The highest BCUT2D eigenvalue weighted by molar-refractivity contribution is 5.75. The van der Waals surface area contributed by atoms with Gasteiger partial charge in [0.2, 0.25) is 0 Å². The first-order valence-electron chi connectivity index (χ1n) is 8.97. The van der Waals surface area contributed by atoms with E-state index in [0.29, 0.717) is 31.8 Å². The van der Waals surface area contributed by atoms with Gasteiger partial charge in [0.05, 0.1) is 18.6 Å². The van der Waals surface area contributed by atoms with Crippen LogP contribution in [0.5, 0.6) is 11.5 Å². The molecule has 2 heterocycles. The molecule has 138 valence electrons. The standard InChI is InChI=1S/C20H24N2O4/c1-3-9-21-19(24)22-10-8-20-7-6-14(23)11-16(20)26-18-15(25-2)5-4-13(12-22)17(18)20/h3-7,14,16,23H,1,8-12H2,2H3,(H,21,24)/t14-,16?,20?/m0/s1. The number of urea groups is 1.